The summed E-state index contributed by atoms with van der Waals surface area (Å²) in [4.78, 5) is 6.72. The van der Waals surface area contributed by atoms with Crippen molar-refractivity contribution < 1.29 is 13.5 Å². The van der Waals surface area contributed by atoms with Gasteiger partial charge < -0.3 is 15.4 Å². The maximum atomic E-state index is 12.2. The van der Waals surface area contributed by atoms with Crippen LogP contribution in [0.2, 0.25) is 0 Å². The summed E-state index contributed by atoms with van der Waals surface area (Å²) in [5.41, 5.74) is 0.950. The van der Waals surface area contributed by atoms with Crippen LogP contribution in [0.5, 0.6) is 5.75 Å². The number of hydrogen-bond donors (Lipinski definition) is 2. The van der Waals surface area contributed by atoms with E-state index in [1.165, 1.54) is 19.4 Å². The molecule has 1 saturated heterocycles. The molecule has 2 N–H and O–H groups in total. The summed E-state index contributed by atoms with van der Waals surface area (Å²) in [6, 6.07) is 7.71. The lowest BCUT2D eigenvalue weighted by atomic mass is 10.2. The Bertz CT molecular complexity index is 560. The molecule has 0 radical (unpaired) electrons. The van der Waals surface area contributed by atoms with Crippen LogP contribution in [0.4, 0.5) is 8.78 Å². The molecule has 1 aromatic rings. The van der Waals surface area contributed by atoms with Crippen molar-refractivity contribution in [2.75, 3.05) is 33.3 Å². The predicted molar refractivity (Wildman–Crippen MR) is 112 cm³/mol. The largest absolute Gasteiger partial charge is 0.488 e. The standard InChI is InChI=1S/C18H28F2N4O.HI/c1-3-24-9-5-7-15(24)12-23-18(21-2)22-11-14-6-4-8-16(10-14)25-13-17(19)20;/h4,6,8,10,15,17H,3,5,7,9,11-13H2,1-2H3,(H2,21,22,23);1H. The number of nitrogens with one attached hydrogen (secondary N) is 2. The van der Waals surface area contributed by atoms with Gasteiger partial charge in [0.2, 0.25) is 0 Å². The molecule has 0 aliphatic carbocycles. The predicted octanol–water partition coefficient (Wildman–Crippen LogP) is 3.10. The van der Waals surface area contributed by atoms with Gasteiger partial charge in [-0.25, -0.2) is 8.78 Å². The molecule has 0 spiro atoms. The quantitative estimate of drug-likeness (QED) is 0.340. The monoisotopic (exact) mass is 482 g/mol. The highest BCUT2D eigenvalue weighted by molar-refractivity contribution is 14.0. The van der Waals surface area contributed by atoms with E-state index in [4.69, 9.17) is 4.74 Å². The Kier molecular flexibility index (Phi) is 10.8. The van der Waals surface area contributed by atoms with E-state index in [-0.39, 0.29) is 24.0 Å². The van der Waals surface area contributed by atoms with Gasteiger partial charge in [-0.3, -0.25) is 9.89 Å². The fraction of sp³-hybridized carbons (Fsp3) is 0.611. The first-order valence-electron chi connectivity index (χ1n) is 8.80. The number of aliphatic imine (C=N–C) groups is 1. The molecule has 148 valence electrons. The first kappa shape index (κ1) is 22.9. The second-order valence-electron chi connectivity index (χ2n) is 6.08. The Hall–Kier alpha value is -1.16. The van der Waals surface area contributed by atoms with Gasteiger partial charge in [0.15, 0.2) is 5.96 Å². The van der Waals surface area contributed by atoms with Crippen LogP contribution < -0.4 is 15.4 Å². The molecule has 0 saturated carbocycles. The molecule has 2 rings (SSSR count). The number of rotatable bonds is 8. The maximum absolute atomic E-state index is 12.2. The summed E-state index contributed by atoms with van der Waals surface area (Å²) in [5, 5.41) is 6.62. The van der Waals surface area contributed by atoms with Gasteiger partial charge in [0.25, 0.3) is 6.43 Å². The number of ether oxygens (including phenoxy) is 1. The zero-order valence-corrected chi connectivity index (χ0v) is 17.7. The van der Waals surface area contributed by atoms with E-state index in [9.17, 15) is 8.78 Å². The van der Waals surface area contributed by atoms with E-state index in [0.29, 0.717) is 18.3 Å². The van der Waals surface area contributed by atoms with Crippen molar-refractivity contribution in [3.8, 4) is 5.75 Å². The average Bonchev–Trinajstić information content (AvgIpc) is 3.08. The van der Waals surface area contributed by atoms with Crippen LogP contribution >= 0.6 is 24.0 Å². The van der Waals surface area contributed by atoms with Gasteiger partial charge in [-0.2, -0.15) is 0 Å². The molecule has 0 aromatic heterocycles. The number of benzene rings is 1. The Morgan fingerprint density at radius 1 is 1.38 bits per heavy atom. The molecule has 5 nitrogen and oxygen atoms in total. The highest BCUT2D eigenvalue weighted by Crippen LogP contribution is 2.16. The Balaban J connectivity index is 0.00000338. The van der Waals surface area contributed by atoms with Gasteiger partial charge in [-0.1, -0.05) is 19.1 Å². The van der Waals surface area contributed by atoms with Gasteiger partial charge in [0.05, 0.1) is 0 Å². The van der Waals surface area contributed by atoms with E-state index in [1.54, 1.807) is 25.2 Å². The third-order valence-electron chi connectivity index (χ3n) is 4.37. The number of likely N-dealkylation sites (tertiary alicyclic amines) is 1. The lowest BCUT2D eigenvalue weighted by Crippen LogP contribution is -2.44. The van der Waals surface area contributed by atoms with Crippen LogP contribution in [0.15, 0.2) is 29.3 Å². The number of nitrogens with zero attached hydrogens (tertiary/aromatic N) is 2. The molecule has 8 heteroatoms. The third kappa shape index (κ3) is 7.61. The Morgan fingerprint density at radius 3 is 2.88 bits per heavy atom. The summed E-state index contributed by atoms with van der Waals surface area (Å²) in [6.45, 7) is 5.26. The molecule has 1 fully saturated rings. The molecule has 1 aliphatic heterocycles. The highest BCUT2D eigenvalue weighted by atomic mass is 127. The van der Waals surface area contributed by atoms with Crippen molar-refractivity contribution in [2.45, 2.75) is 38.8 Å². The first-order valence-corrected chi connectivity index (χ1v) is 8.80. The summed E-state index contributed by atoms with van der Waals surface area (Å²) >= 11 is 0. The topological polar surface area (TPSA) is 48.9 Å². The minimum absolute atomic E-state index is 0. The molecular formula is C18H29F2IN4O. The smallest absolute Gasteiger partial charge is 0.272 e. The molecule has 26 heavy (non-hydrogen) atoms. The van der Waals surface area contributed by atoms with Gasteiger partial charge in [-0.15, -0.1) is 24.0 Å². The third-order valence-corrected chi connectivity index (χ3v) is 4.37. The average molecular weight is 482 g/mol. The van der Waals surface area contributed by atoms with Gasteiger partial charge in [0, 0.05) is 26.2 Å². The van der Waals surface area contributed by atoms with Crippen molar-refractivity contribution in [2.24, 2.45) is 4.99 Å². The van der Waals surface area contributed by atoms with Crippen molar-refractivity contribution >= 4 is 29.9 Å². The minimum Gasteiger partial charge on any atom is -0.488 e. The van der Waals surface area contributed by atoms with E-state index in [0.717, 1.165) is 24.6 Å². The van der Waals surface area contributed by atoms with E-state index in [1.807, 2.05) is 6.07 Å². The number of hydrogen-bond acceptors (Lipinski definition) is 3. The van der Waals surface area contributed by atoms with E-state index >= 15 is 0 Å². The molecule has 1 atom stereocenters. The number of likely N-dealkylation sites (N-methyl/N-ethyl adjacent to an activating group) is 1. The van der Waals surface area contributed by atoms with Crippen LogP contribution in [-0.4, -0.2) is 56.6 Å². The second kappa shape index (κ2) is 12.3. The van der Waals surface area contributed by atoms with Crippen LogP contribution in [0.3, 0.4) is 0 Å². The molecule has 1 heterocycles. The summed E-state index contributed by atoms with van der Waals surface area (Å²) in [6.07, 6.45) is -0.0120. The molecule has 1 unspecified atom stereocenters. The van der Waals surface area contributed by atoms with Crippen LogP contribution in [0.1, 0.15) is 25.3 Å². The Morgan fingerprint density at radius 2 is 2.19 bits per heavy atom. The van der Waals surface area contributed by atoms with Crippen LogP contribution in [0.25, 0.3) is 0 Å². The Labute approximate surface area is 171 Å². The lowest BCUT2D eigenvalue weighted by molar-refractivity contribution is 0.0818. The summed E-state index contributed by atoms with van der Waals surface area (Å²) < 4.78 is 29.5. The number of guanidine groups is 1. The minimum atomic E-state index is -2.47. The van der Waals surface area contributed by atoms with Gasteiger partial charge >= 0.3 is 0 Å². The summed E-state index contributed by atoms with van der Waals surface area (Å²) in [7, 11) is 1.74. The molecule has 0 amide bonds. The summed E-state index contributed by atoms with van der Waals surface area (Å²) in [5.74, 6) is 1.19. The fourth-order valence-corrected chi connectivity index (χ4v) is 3.07. The highest BCUT2D eigenvalue weighted by Gasteiger charge is 2.22. The first-order chi connectivity index (χ1) is 12.1. The van der Waals surface area contributed by atoms with Gasteiger partial charge in [-0.05, 0) is 43.6 Å². The lowest BCUT2D eigenvalue weighted by Gasteiger charge is -2.24. The molecular weight excluding hydrogens is 453 g/mol. The fourth-order valence-electron chi connectivity index (χ4n) is 3.07. The normalized spacial score (nSPS) is 17.9. The number of alkyl halides is 2. The van der Waals surface area contributed by atoms with Crippen molar-refractivity contribution in [1.82, 2.24) is 15.5 Å². The van der Waals surface area contributed by atoms with E-state index < -0.39 is 13.0 Å². The van der Waals surface area contributed by atoms with Crippen molar-refractivity contribution in [3.63, 3.8) is 0 Å². The second-order valence-corrected chi connectivity index (χ2v) is 6.08. The molecule has 0 bridgehead atoms. The van der Waals surface area contributed by atoms with Crippen LogP contribution in [-0.2, 0) is 6.54 Å². The number of halogens is 3. The molecule has 1 aliphatic rings. The zero-order chi connectivity index (χ0) is 18.1. The molecule has 1 aromatic carbocycles. The van der Waals surface area contributed by atoms with Crippen LogP contribution in [0, 0.1) is 0 Å². The van der Waals surface area contributed by atoms with E-state index in [2.05, 4.69) is 27.4 Å². The van der Waals surface area contributed by atoms with Gasteiger partial charge in [0.1, 0.15) is 12.4 Å². The van der Waals surface area contributed by atoms with Crippen molar-refractivity contribution in [1.29, 1.82) is 0 Å². The SMILES string of the molecule is CCN1CCCC1CNC(=NC)NCc1cccc(OCC(F)F)c1.I. The zero-order valence-electron chi connectivity index (χ0n) is 15.4. The maximum Gasteiger partial charge on any atom is 0.272 e. The van der Waals surface area contributed by atoms with Crippen molar-refractivity contribution in [3.05, 3.63) is 29.8 Å².